The van der Waals surface area contributed by atoms with E-state index in [1.165, 1.54) is 11.8 Å². The predicted molar refractivity (Wildman–Crippen MR) is 115 cm³/mol. The maximum absolute atomic E-state index is 14.0. The standard InChI is InChI=1S/C24H31FN4O/c1-18(2)10-27-23(30)21-14-28(12-19-6-4-3-5-7-19)15-24(21)16-29(17-24)13-20-8-9-26-11-22(20)25/h3-9,11,18,21H,10,12-17H2,1-2H3,(H,27,30). The highest BCUT2D eigenvalue weighted by Crippen LogP contribution is 2.45. The summed E-state index contributed by atoms with van der Waals surface area (Å²) in [5.74, 6) is 0.300. The van der Waals surface area contributed by atoms with Crippen molar-refractivity contribution in [2.45, 2.75) is 26.9 Å². The molecule has 30 heavy (non-hydrogen) atoms. The van der Waals surface area contributed by atoms with Crippen molar-refractivity contribution in [3.8, 4) is 0 Å². The molecule has 1 aromatic carbocycles. The lowest BCUT2D eigenvalue weighted by Gasteiger charge is -2.50. The van der Waals surface area contributed by atoms with Gasteiger partial charge < -0.3 is 5.32 Å². The van der Waals surface area contributed by atoms with Crippen molar-refractivity contribution in [1.82, 2.24) is 20.1 Å². The maximum atomic E-state index is 14.0. The molecule has 2 aliphatic rings. The molecule has 1 atom stereocenters. The van der Waals surface area contributed by atoms with Gasteiger partial charge in [0.15, 0.2) is 0 Å². The van der Waals surface area contributed by atoms with E-state index in [2.05, 4.69) is 58.2 Å². The Kier molecular flexibility index (Phi) is 6.16. The van der Waals surface area contributed by atoms with E-state index in [0.717, 1.165) is 32.7 Å². The van der Waals surface area contributed by atoms with Gasteiger partial charge in [0.25, 0.3) is 0 Å². The number of carbonyl (C=O) groups excluding carboxylic acids is 1. The smallest absolute Gasteiger partial charge is 0.225 e. The molecule has 1 unspecified atom stereocenters. The Hall–Kier alpha value is -2.31. The van der Waals surface area contributed by atoms with E-state index < -0.39 is 0 Å². The summed E-state index contributed by atoms with van der Waals surface area (Å²) in [6.45, 7) is 9.66. The van der Waals surface area contributed by atoms with Crippen molar-refractivity contribution in [1.29, 1.82) is 0 Å². The van der Waals surface area contributed by atoms with Crippen LogP contribution in [0.2, 0.25) is 0 Å². The van der Waals surface area contributed by atoms with Gasteiger partial charge in [0.1, 0.15) is 5.82 Å². The average Bonchev–Trinajstić information content (AvgIpc) is 3.07. The van der Waals surface area contributed by atoms with E-state index in [1.54, 1.807) is 12.3 Å². The van der Waals surface area contributed by atoms with E-state index in [-0.39, 0.29) is 23.1 Å². The molecule has 0 aliphatic carbocycles. The largest absolute Gasteiger partial charge is 0.356 e. The van der Waals surface area contributed by atoms with Gasteiger partial charge in [0.05, 0.1) is 12.1 Å². The molecule has 1 amide bonds. The van der Waals surface area contributed by atoms with Gasteiger partial charge in [0.2, 0.25) is 5.91 Å². The molecule has 0 bridgehead atoms. The molecular formula is C24H31FN4O. The van der Waals surface area contributed by atoms with Crippen molar-refractivity contribution in [2.75, 3.05) is 32.7 Å². The minimum absolute atomic E-state index is 0.0292. The normalized spacial score (nSPS) is 21.1. The van der Waals surface area contributed by atoms with E-state index in [0.29, 0.717) is 24.6 Å². The van der Waals surface area contributed by atoms with Crippen LogP contribution in [0.4, 0.5) is 4.39 Å². The molecule has 0 radical (unpaired) electrons. The van der Waals surface area contributed by atoms with E-state index in [9.17, 15) is 9.18 Å². The highest BCUT2D eigenvalue weighted by atomic mass is 19.1. The Morgan fingerprint density at radius 3 is 2.60 bits per heavy atom. The first-order valence-corrected chi connectivity index (χ1v) is 10.8. The fourth-order valence-electron chi connectivity index (χ4n) is 4.87. The fourth-order valence-corrected chi connectivity index (χ4v) is 4.87. The minimum Gasteiger partial charge on any atom is -0.356 e. The van der Waals surface area contributed by atoms with Crippen LogP contribution in [0, 0.1) is 23.1 Å². The second-order valence-electron chi connectivity index (χ2n) is 9.32. The summed E-state index contributed by atoms with van der Waals surface area (Å²) in [5.41, 5.74) is 1.88. The third-order valence-electron chi connectivity index (χ3n) is 6.30. The summed E-state index contributed by atoms with van der Waals surface area (Å²) in [6.07, 6.45) is 2.90. The zero-order chi connectivity index (χ0) is 21.1. The van der Waals surface area contributed by atoms with E-state index >= 15 is 0 Å². The SMILES string of the molecule is CC(C)CNC(=O)C1CN(Cc2ccccc2)CC12CN(Cc1ccncc1F)C2. The molecule has 6 heteroatoms. The Morgan fingerprint density at radius 2 is 1.90 bits per heavy atom. The van der Waals surface area contributed by atoms with Crippen molar-refractivity contribution in [3.05, 3.63) is 65.7 Å². The monoisotopic (exact) mass is 410 g/mol. The number of rotatable bonds is 7. The molecule has 3 heterocycles. The van der Waals surface area contributed by atoms with Gasteiger partial charge in [-0.3, -0.25) is 19.6 Å². The topological polar surface area (TPSA) is 48.5 Å². The van der Waals surface area contributed by atoms with Gasteiger partial charge in [-0.05, 0) is 17.5 Å². The molecule has 1 spiro atoms. The van der Waals surface area contributed by atoms with Crippen molar-refractivity contribution in [3.63, 3.8) is 0 Å². The quantitative estimate of drug-likeness (QED) is 0.763. The first-order chi connectivity index (χ1) is 14.4. The van der Waals surface area contributed by atoms with E-state index in [4.69, 9.17) is 0 Å². The highest BCUT2D eigenvalue weighted by molar-refractivity contribution is 5.80. The van der Waals surface area contributed by atoms with Crippen LogP contribution in [0.3, 0.4) is 0 Å². The zero-order valence-corrected chi connectivity index (χ0v) is 17.9. The lowest BCUT2D eigenvalue weighted by atomic mass is 9.71. The third-order valence-corrected chi connectivity index (χ3v) is 6.30. The Bertz CT molecular complexity index is 867. The number of amides is 1. The van der Waals surface area contributed by atoms with Gasteiger partial charge in [-0.2, -0.15) is 0 Å². The molecule has 2 saturated heterocycles. The third kappa shape index (κ3) is 4.55. The predicted octanol–water partition coefficient (Wildman–Crippen LogP) is 2.93. The molecule has 160 valence electrons. The number of likely N-dealkylation sites (tertiary alicyclic amines) is 2. The molecule has 1 aromatic heterocycles. The van der Waals surface area contributed by atoms with Gasteiger partial charge in [-0.1, -0.05) is 44.2 Å². The Balaban J connectivity index is 1.44. The summed E-state index contributed by atoms with van der Waals surface area (Å²) in [7, 11) is 0. The summed E-state index contributed by atoms with van der Waals surface area (Å²) < 4.78 is 14.0. The van der Waals surface area contributed by atoms with Gasteiger partial charge in [0, 0.05) is 63.0 Å². The van der Waals surface area contributed by atoms with Crippen molar-refractivity contribution < 1.29 is 9.18 Å². The first kappa shape index (κ1) is 20.9. The summed E-state index contributed by atoms with van der Waals surface area (Å²) in [5, 5.41) is 3.15. The average molecular weight is 411 g/mol. The van der Waals surface area contributed by atoms with Crippen molar-refractivity contribution >= 4 is 5.91 Å². The molecule has 5 nitrogen and oxygen atoms in total. The zero-order valence-electron chi connectivity index (χ0n) is 17.9. The fraction of sp³-hybridized carbons (Fsp3) is 0.500. The molecular weight excluding hydrogens is 379 g/mol. The van der Waals surface area contributed by atoms with Crippen LogP contribution < -0.4 is 5.32 Å². The van der Waals surface area contributed by atoms with Crippen LogP contribution in [0.1, 0.15) is 25.0 Å². The number of benzene rings is 1. The molecule has 2 aliphatic heterocycles. The lowest BCUT2D eigenvalue weighted by molar-refractivity contribution is -0.133. The van der Waals surface area contributed by atoms with Crippen LogP contribution >= 0.6 is 0 Å². The van der Waals surface area contributed by atoms with Crippen molar-refractivity contribution in [2.24, 2.45) is 17.3 Å². The molecule has 2 fully saturated rings. The minimum atomic E-state index is -0.262. The van der Waals surface area contributed by atoms with E-state index in [1.807, 2.05) is 6.07 Å². The molecule has 2 aromatic rings. The number of halogens is 1. The Morgan fingerprint density at radius 1 is 1.17 bits per heavy atom. The highest BCUT2D eigenvalue weighted by Gasteiger charge is 2.56. The first-order valence-electron chi connectivity index (χ1n) is 10.8. The number of carbonyl (C=O) groups is 1. The van der Waals surface area contributed by atoms with Crippen LogP contribution in [0.5, 0.6) is 0 Å². The van der Waals surface area contributed by atoms with Crippen LogP contribution in [-0.4, -0.2) is 53.4 Å². The van der Waals surface area contributed by atoms with Crippen LogP contribution in [0.25, 0.3) is 0 Å². The second kappa shape index (κ2) is 8.82. The molecule has 0 saturated carbocycles. The lowest BCUT2D eigenvalue weighted by Crippen LogP contribution is -2.62. The number of nitrogens with zero attached hydrogens (tertiary/aromatic N) is 3. The number of hydrogen-bond donors (Lipinski definition) is 1. The molecule has 4 rings (SSSR count). The Labute approximate surface area is 178 Å². The summed E-state index contributed by atoms with van der Waals surface area (Å²) in [4.78, 5) is 21.5. The number of nitrogens with one attached hydrogen (secondary N) is 1. The van der Waals surface area contributed by atoms with Gasteiger partial charge in [-0.25, -0.2) is 4.39 Å². The maximum Gasteiger partial charge on any atom is 0.225 e. The van der Waals surface area contributed by atoms with Gasteiger partial charge >= 0.3 is 0 Å². The van der Waals surface area contributed by atoms with Crippen LogP contribution in [-0.2, 0) is 17.9 Å². The van der Waals surface area contributed by atoms with Crippen LogP contribution in [0.15, 0.2) is 48.8 Å². The molecule has 1 N–H and O–H groups in total. The number of aromatic nitrogens is 1. The van der Waals surface area contributed by atoms with Gasteiger partial charge in [-0.15, -0.1) is 0 Å². The summed E-state index contributed by atoms with van der Waals surface area (Å²) >= 11 is 0. The number of hydrogen-bond acceptors (Lipinski definition) is 4. The second-order valence-corrected chi connectivity index (χ2v) is 9.32. The number of pyridine rings is 1. The summed E-state index contributed by atoms with van der Waals surface area (Å²) in [6, 6.07) is 12.2.